The summed E-state index contributed by atoms with van der Waals surface area (Å²) in [6.45, 7) is 3.04. The van der Waals surface area contributed by atoms with Gasteiger partial charge in [-0.2, -0.15) is 0 Å². The Morgan fingerprint density at radius 2 is 2.00 bits per heavy atom. The molecule has 1 aromatic heterocycles. The number of fused-ring (bicyclic) bond motifs is 1. The number of aromatic nitrogens is 1. The Balaban J connectivity index is 1.99. The predicted molar refractivity (Wildman–Crippen MR) is 75.1 cm³/mol. The van der Waals surface area contributed by atoms with E-state index in [1.165, 1.54) is 0 Å². The van der Waals surface area contributed by atoms with Crippen molar-refractivity contribution in [1.82, 2.24) is 4.98 Å². The lowest BCUT2D eigenvalue weighted by atomic mass is 10.2. The monoisotopic (exact) mass is 253 g/mol. The largest absolute Gasteiger partial charge is 0.358 e. The van der Waals surface area contributed by atoms with Gasteiger partial charge in [-0.25, -0.2) is 4.98 Å². The quantitative estimate of drug-likeness (QED) is 0.848. The van der Waals surface area contributed by atoms with Crippen molar-refractivity contribution in [3.05, 3.63) is 53.7 Å². The molecule has 1 aromatic carbocycles. The van der Waals surface area contributed by atoms with E-state index in [0.29, 0.717) is 18.9 Å². The van der Waals surface area contributed by atoms with Crippen LogP contribution < -0.4 is 10.2 Å². The van der Waals surface area contributed by atoms with E-state index in [1.807, 2.05) is 37.3 Å². The van der Waals surface area contributed by atoms with Gasteiger partial charge >= 0.3 is 0 Å². The van der Waals surface area contributed by atoms with E-state index in [4.69, 9.17) is 0 Å². The molecule has 0 spiro atoms. The molecule has 0 bridgehead atoms. The molecule has 0 saturated heterocycles. The average Bonchev–Trinajstić information content (AvgIpc) is 2.58. The normalized spacial score (nSPS) is 14.6. The number of aryl methyl sites for hydroxylation is 1. The summed E-state index contributed by atoms with van der Waals surface area (Å²) >= 11 is 0. The fourth-order valence-corrected chi connectivity index (χ4v) is 2.29. The lowest BCUT2D eigenvalue weighted by molar-refractivity contribution is -0.114. The van der Waals surface area contributed by atoms with E-state index >= 15 is 0 Å². The summed E-state index contributed by atoms with van der Waals surface area (Å²) in [6.07, 6.45) is 1.78. The highest BCUT2D eigenvalue weighted by Gasteiger charge is 2.20. The third-order valence-corrected chi connectivity index (χ3v) is 3.18. The molecule has 19 heavy (non-hydrogen) atoms. The van der Waals surface area contributed by atoms with Crippen molar-refractivity contribution in [2.45, 2.75) is 13.5 Å². The van der Waals surface area contributed by atoms with E-state index in [9.17, 15) is 4.79 Å². The van der Waals surface area contributed by atoms with Crippen molar-refractivity contribution in [2.24, 2.45) is 0 Å². The Hall–Kier alpha value is -2.36. The number of pyridine rings is 1. The topological polar surface area (TPSA) is 45.2 Å². The first kappa shape index (κ1) is 11.7. The van der Waals surface area contributed by atoms with E-state index < -0.39 is 0 Å². The van der Waals surface area contributed by atoms with E-state index in [1.54, 1.807) is 6.20 Å². The Bertz CT molecular complexity index is 610. The molecular formula is C15H15N3O. The van der Waals surface area contributed by atoms with Crippen molar-refractivity contribution >= 4 is 17.4 Å². The molecule has 0 aliphatic carbocycles. The van der Waals surface area contributed by atoms with Crippen LogP contribution in [0.3, 0.4) is 0 Å². The highest BCUT2D eigenvalue weighted by Crippen LogP contribution is 2.23. The minimum Gasteiger partial charge on any atom is -0.358 e. The smallest absolute Gasteiger partial charge is 0.245 e. The number of hydrogen-bond acceptors (Lipinski definition) is 3. The van der Waals surface area contributed by atoms with Gasteiger partial charge in [0, 0.05) is 24.0 Å². The van der Waals surface area contributed by atoms with Crippen LogP contribution in [0.15, 0.2) is 42.6 Å². The molecule has 0 unspecified atom stereocenters. The molecule has 1 aliphatic heterocycles. The van der Waals surface area contributed by atoms with Crippen LogP contribution in [0.25, 0.3) is 0 Å². The Morgan fingerprint density at radius 3 is 2.79 bits per heavy atom. The Labute approximate surface area is 112 Å². The predicted octanol–water partition coefficient (Wildman–Crippen LogP) is 2.35. The zero-order valence-electron chi connectivity index (χ0n) is 10.8. The van der Waals surface area contributed by atoms with Crippen molar-refractivity contribution in [3.8, 4) is 0 Å². The van der Waals surface area contributed by atoms with Crippen LogP contribution in [0.2, 0.25) is 0 Å². The summed E-state index contributed by atoms with van der Waals surface area (Å²) in [4.78, 5) is 18.3. The van der Waals surface area contributed by atoms with E-state index in [-0.39, 0.29) is 5.91 Å². The van der Waals surface area contributed by atoms with Gasteiger partial charge in [0.2, 0.25) is 5.91 Å². The summed E-state index contributed by atoms with van der Waals surface area (Å²) in [7, 11) is 0. The molecule has 2 aromatic rings. The van der Waals surface area contributed by atoms with Gasteiger partial charge in [0.1, 0.15) is 5.82 Å². The second-order valence-corrected chi connectivity index (χ2v) is 4.76. The zero-order chi connectivity index (χ0) is 13.2. The third kappa shape index (κ3) is 2.42. The van der Waals surface area contributed by atoms with Crippen LogP contribution in [0.4, 0.5) is 11.5 Å². The van der Waals surface area contributed by atoms with Crippen LogP contribution in [-0.4, -0.2) is 17.4 Å². The zero-order valence-corrected chi connectivity index (χ0v) is 10.8. The van der Waals surface area contributed by atoms with Gasteiger partial charge in [-0.05, 0) is 30.7 Å². The molecule has 0 atom stereocenters. The highest BCUT2D eigenvalue weighted by atomic mass is 16.2. The van der Waals surface area contributed by atoms with Crippen molar-refractivity contribution in [1.29, 1.82) is 0 Å². The highest BCUT2D eigenvalue weighted by molar-refractivity contribution is 5.95. The summed E-state index contributed by atoms with van der Waals surface area (Å²) in [5.41, 5.74) is 3.20. The number of benzene rings is 1. The Morgan fingerprint density at radius 1 is 1.21 bits per heavy atom. The number of amides is 1. The third-order valence-electron chi connectivity index (χ3n) is 3.18. The maximum Gasteiger partial charge on any atom is 0.245 e. The number of carbonyl (C=O) groups is 1. The number of rotatable bonds is 1. The summed E-state index contributed by atoms with van der Waals surface area (Å²) in [6, 6.07) is 12.0. The fourth-order valence-electron chi connectivity index (χ4n) is 2.29. The molecule has 2 heterocycles. The lowest BCUT2D eigenvalue weighted by Gasteiger charge is -2.21. The molecule has 0 radical (unpaired) electrons. The minimum absolute atomic E-state index is 0.0287. The first-order valence-electron chi connectivity index (χ1n) is 6.28. The van der Waals surface area contributed by atoms with Gasteiger partial charge in [-0.15, -0.1) is 0 Å². The first-order chi connectivity index (χ1) is 9.22. The van der Waals surface area contributed by atoms with Crippen molar-refractivity contribution < 1.29 is 4.79 Å². The summed E-state index contributed by atoms with van der Waals surface area (Å²) in [5.74, 6) is 0.646. The number of nitrogens with zero attached hydrogens (tertiary/aromatic N) is 2. The maximum absolute atomic E-state index is 11.9. The molecule has 1 aliphatic rings. The van der Waals surface area contributed by atoms with Crippen LogP contribution in [0.5, 0.6) is 0 Å². The van der Waals surface area contributed by atoms with E-state index in [0.717, 1.165) is 16.8 Å². The minimum atomic E-state index is -0.0287. The van der Waals surface area contributed by atoms with Gasteiger partial charge in [0.15, 0.2) is 0 Å². The number of hydrogen-bond donors (Lipinski definition) is 1. The second kappa shape index (κ2) is 4.72. The lowest BCUT2D eigenvalue weighted by Crippen LogP contribution is -2.29. The molecule has 1 amide bonds. The standard InChI is InChI=1S/C15H15N3O/c1-11-7-12-9-18(13-5-3-2-4-6-13)10-14(19)17-15(12)16-8-11/h2-8H,9-10H2,1H3,(H,16,17,19). The van der Waals surface area contributed by atoms with Gasteiger partial charge in [0.25, 0.3) is 0 Å². The van der Waals surface area contributed by atoms with Crippen LogP contribution >= 0.6 is 0 Å². The summed E-state index contributed by atoms with van der Waals surface area (Å²) < 4.78 is 0. The van der Waals surface area contributed by atoms with Crippen molar-refractivity contribution in [3.63, 3.8) is 0 Å². The number of nitrogens with one attached hydrogen (secondary N) is 1. The number of anilines is 2. The number of para-hydroxylation sites is 1. The molecule has 0 saturated carbocycles. The van der Waals surface area contributed by atoms with E-state index in [2.05, 4.69) is 21.3 Å². The van der Waals surface area contributed by atoms with Gasteiger partial charge in [-0.1, -0.05) is 18.2 Å². The van der Waals surface area contributed by atoms with Gasteiger partial charge in [0.05, 0.1) is 6.54 Å². The fraction of sp³-hybridized carbons (Fsp3) is 0.200. The Kier molecular flexibility index (Phi) is 2.91. The van der Waals surface area contributed by atoms with Gasteiger partial charge in [-0.3, -0.25) is 4.79 Å². The van der Waals surface area contributed by atoms with Crippen molar-refractivity contribution in [2.75, 3.05) is 16.8 Å². The second-order valence-electron chi connectivity index (χ2n) is 4.76. The molecule has 1 N–H and O–H groups in total. The van der Waals surface area contributed by atoms with Crippen LogP contribution in [-0.2, 0) is 11.3 Å². The molecule has 4 nitrogen and oxygen atoms in total. The van der Waals surface area contributed by atoms with Crippen LogP contribution in [0, 0.1) is 6.92 Å². The van der Waals surface area contributed by atoms with Crippen LogP contribution in [0.1, 0.15) is 11.1 Å². The maximum atomic E-state index is 11.9. The number of carbonyl (C=O) groups excluding carboxylic acids is 1. The molecular weight excluding hydrogens is 238 g/mol. The summed E-state index contributed by atoms with van der Waals surface area (Å²) in [5, 5.41) is 2.86. The SMILES string of the molecule is Cc1cnc2c(c1)CN(c1ccccc1)CC(=O)N2. The molecule has 0 fully saturated rings. The molecule has 4 heteroatoms. The molecule has 96 valence electrons. The average molecular weight is 253 g/mol. The van der Waals surface area contributed by atoms with Gasteiger partial charge < -0.3 is 10.2 Å². The molecule has 3 rings (SSSR count). The first-order valence-corrected chi connectivity index (χ1v) is 6.28.